The van der Waals surface area contributed by atoms with Gasteiger partial charge in [0.1, 0.15) is 0 Å². The third-order valence-electron chi connectivity index (χ3n) is 11.7. The number of carbonyl (C=O) groups excluding carboxylic acids is 2. The molecule has 0 aliphatic carbocycles. The molecule has 1 amide bonds. The van der Waals surface area contributed by atoms with E-state index in [-0.39, 0.29) is 18.5 Å². The molecule has 0 heterocycles. The summed E-state index contributed by atoms with van der Waals surface area (Å²) in [4.78, 5) is 24.5. The van der Waals surface area contributed by atoms with Crippen molar-refractivity contribution in [2.24, 2.45) is 0 Å². The third kappa shape index (κ3) is 45.4. The third-order valence-corrected chi connectivity index (χ3v) is 11.7. The highest BCUT2D eigenvalue weighted by atomic mass is 16.5. The molecule has 0 radical (unpaired) electrons. The summed E-state index contributed by atoms with van der Waals surface area (Å²) >= 11 is 0. The van der Waals surface area contributed by atoms with E-state index in [2.05, 4.69) is 55.6 Å². The molecule has 59 heavy (non-hydrogen) atoms. The van der Waals surface area contributed by atoms with Crippen molar-refractivity contribution in [3.63, 3.8) is 0 Å². The zero-order chi connectivity index (χ0) is 43.0. The van der Waals surface area contributed by atoms with Gasteiger partial charge in [-0.2, -0.15) is 0 Å². The van der Waals surface area contributed by atoms with Crippen molar-refractivity contribution in [3.05, 3.63) is 36.5 Å². The molecule has 2 atom stereocenters. The lowest BCUT2D eigenvalue weighted by atomic mass is 10.0. The Morgan fingerprint density at radius 3 is 1.34 bits per heavy atom. The van der Waals surface area contributed by atoms with Crippen molar-refractivity contribution in [1.82, 2.24) is 5.32 Å². The van der Waals surface area contributed by atoms with Crippen molar-refractivity contribution in [1.29, 1.82) is 0 Å². The monoisotopic (exact) mass is 830 g/mol. The molecule has 0 bridgehead atoms. The Balaban J connectivity index is 3.54. The summed E-state index contributed by atoms with van der Waals surface area (Å²) in [5.74, 6) is -0.110. The number of unbranched alkanes of at least 4 members (excludes halogenated alkanes) is 30. The number of aliphatic hydroxyl groups is 2. The Hall–Kier alpha value is -1.92. The Morgan fingerprint density at radius 2 is 0.847 bits per heavy atom. The molecule has 0 aromatic heterocycles. The minimum Gasteiger partial charge on any atom is -0.466 e. The van der Waals surface area contributed by atoms with E-state index < -0.39 is 12.1 Å². The number of ether oxygens (including phenoxy) is 1. The van der Waals surface area contributed by atoms with Gasteiger partial charge in [-0.05, 0) is 83.5 Å². The number of hydrogen-bond donors (Lipinski definition) is 3. The minimum atomic E-state index is -0.683. The fourth-order valence-corrected chi connectivity index (χ4v) is 7.66. The largest absolute Gasteiger partial charge is 0.466 e. The van der Waals surface area contributed by atoms with Crippen LogP contribution in [0.1, 0.15) is 264 Å². The molecule has 3 N–H and O–H groups in total. The lowest BCUT2D eigenvalue weighted by Crippen LogP contribution is -2.45. The molecular formula is C53H99NO5. The predicted octanol–water partition coefficient (Wildman–Crippen LogP) is 15.3. The highest BCUT2D eigenvalue weighted by Crippen LogP contribution is 2.16. The molecule has 0 aliphatic heterocycles. The van der Waals surface area contributed by atoms with Crippen LogP contribution in [0.3, 0.4) is 0 Å². The van der Waals surface area contributed by atoms with Crippen LogP contribution in [0.2, 0.25) is 0 Å². The summed E-state index contributed by atoms with van der Waals surface area (Å²) in [6, 6.07) is -0.564. The maximum Gasteiger partial charge on any atom is 0.305 e. The summed E-state index contributed by atoms with van der Waals surface area (Å²) in [5.41, 5.74) is 0. The first-order valence-corrected chi connectivity index (χ1v) is 25.7. The van der Waals surface area contributed by atoms with Crippen LogP contribution in [0, 0.1) is 0 Å². The second kappa shape index (κ2) is 48.7. The van der Waals surface area contributed by atoms with Crippen molar-refractivity contribution in [2.45, 2.75) is 276 Å². The number of rotatable bonds is 47. The highest BCUT2D eigenvalue weighted by molar-refractivity contribution is 5.76. The molecule has 0 aliphatic rings. The van der Waals surface area contributed by atoms with Crippen molar-refractivity contribution >= 4 is 11.9 Å². The van der Waals surface area contributed by atoms with Gasteiger partial charge >= 0.3 is 5.97 Å². The van der Waals surface area contributed by atoms with E-state index in [0.717, 1.165) is 96.3 Å². The number of allylic oxidation sites excluding steroid dienone is 6. The van der Waals surface area contributed by atoms with Gasteiger partial charge in [-0.15, -0.1) is 0 Å². The lowest BCUT2D eigenvalue weighted by Gasteiger charge is -2.22. The van der Waals surface area contributed by atoms with E-state index in [4.69, 9.17) is 4.74 Å². The molecule has 0 aromatic carbocycles. The minimum absolute atomic E-state index is 0.0455. The molecule has 0 rings (SSSR count). The predicted molar refractivity (Wildman–Crippen MR) is 255 cm³/mol. The molecule has 6 nitrogen and oxygen atoms in total. The smallest absolute Gasteiger partial charge is 0.305 e. The summed E-state index contributed by atoms with van der Waals surface area (Å²) in [6.45, 7) is 4.84. The summed E-state index contributed by atoms with van der Waals surface area (Å²) < 4.78 is 5.43. The highest BCUT2D eigenvalue weighted by Gasteiger charge is 2.20. The van der Waals surface area contributed by atoms with E-state index in [0.29, 0.717) is 25.9 Å². The Morgan fingerprint density at radius 1 is 0.475 bits per heavy atom. The Kier molecular flexibility index (Phi) is 47.2. The van der Waals surface area contributed by atoms with Gasteiger partial charge in [0.15, 0.2) is 0 Å². The summed E-state index contributed by atoms with van der Waals surface area (Å²) in [7, 11) is 0. The number of hydrogen-bond acceptors (Lipinski definition) is 5. The first kappa shape index (κ1) is 57.1. The summed E-state index contributed by atoms with van der Waals surface area (Å²) in [6.07, 6.45) is 58.2. The Bertz CT molecular complexity index is 962. The summed E-state index contributed by atoms with van der Waals surface area (Å²) in [5, 5.41) is 23.2. The van der Waals surface area contributed by atoms with Gasteiger partial charge in [-0.25, -0.2) is 0 Å². The van der Waals surface area contributed by atoms with Crippen LogP contribution in [0.25, 0.3) is 0 Å². The van der Waals surface area contributed by atoms with E-state index in [1.165, 1.54) is 135 Å². The van der Waals surface area contributed by atoms with Crippen LogP contribution in [0.15, 0.2) is 36.5 Å². The zero-order valence-electron chi connectivity index (χ0n) is 39.2. The van der Waals surface area contributed by atoms with Crippen LogP contribution in [0.4, 0.5) is 0 Å². The van der Waals surface area contributed by atoms with E-state index in [9.17, 15) is 19.8 Å². The molecule has 2 unspecified atom stereocenters. The van der Waals surface area contributed by atoms with Crippen LogP contribution < -0.4 is 5.32 Å². The van der Waals surface area contributed by atoms with Gasteiger partial charge in [0.2, 0.25) is 5.91 Å². The average Bonchev–Trinajstić information content (AvgIpc) is 3.24. The first-order valence-electron chi connectivity index (χ1n) is 25.7. The molecule has 0 aromatic rings. The van der Waals surface area contributed by atoms with Gasteiger partial charge in [-0.1, -0.05) is 204 Å². The number of amides is 1. The fourth-order valence-electron chi connectivity index (χ4n) is 7.66. The molecule has 0 saturated heterocycles. The molecule has 0 fully saturated rings. The molecule has 6 heteroatoms. The quantitative estimate of drug-likeness (QED) is 0.0323. The van der Waals surface area contributed by atoms with Crippen molar-refractivity contribution in [2.75, 3.05) is 13.2 Å². The SMILES string of the molecule is CCCCC/C=C\C/C=C\CCCCCCCC(=O)OCCCC/C=C\CCCCCCCC(=O)NC(CO)C(O)CCCCCCCCCCCCCCCCCC. The molecular weight excluding hydrogens is 731 g/mol. The number of carbonyl (C=O) groups is 2. The standard InChI is InChI=1S/C53H99NO5/c1-3-5-7-9-11-13-15-17-19-21-22-25-29-33-37-41-45-51(56)50(49-55)54-52(57)46-42-38-34-30-26-24-28-32-36-40-44-48-59-53(58)47-43-39-35-31-27-23-20-18-16-14-12-10-8-6-4-2/h12,14,18,20,28,32,50-51,55-56H,3-11,13,15-17,19,21-27,29-31,33-49H2,1-2H3,(H,54,57)/b14-12-,20-18-,32-28-. The number of esters is 1. The van der Waals surface area contributed by atoms with Crippen LogP contribution in [-0.2, 0) is 14.3 Å². The van der Waals surface area contributed by atoms with Crippen LogP contribution >= 0.6 is 0 Å². The van der Waals surface area contributed by atoms with Gasteiger partial charge in [-0.3, -0.25) is 9.59 Å². The van der Waals surface area contributed by atoms with Crippen molar-refractivity contribution < 1.29 is 24.5 Å². The van der Waals surface area contributed by atoms with E-state index in [1.54, 1.807) is 0 Å². The fraction of sp³-hybridized carbons (Fsp3) is 0.849. The molecule has 0 saturated carbocycles. The maximum absolute atomic E-state index is 12.4. The number of aliphatic hydroxyl groups excluding tert-OH is 2. The second-order valence-electron chi connectivity index (χ2n) is 17.5. The second-order valence-corrected chi connectivity index (χ2v) is 17.5. The first-order chi connectivity index (χ1) is 29.0. The van der Waals surface area contributed by atoms with Gasteiger partial charge in [0.25, 0.3) is 0 Å². The van der Waals surface area contributed by atoms with Crippen LogP contribution in [-0.4, -0.2) is 47.4 Å². The topological polar surface area (TPSA) is 95.9 Å². The van der Waals surface area contributed by atoms with E-state index >= 15 is 0 Å². The molecule has 0 spiro atoms. The maximum atomic E-state index is 12.4. The van der Waals surface area contributed by atoms with Gasteiger partial charge in [0.05, 0.1) is 25.4 Å². The van der Waals surface area contributed by atoms with E-state index in [1.807, 2.05) is 0 Å². The van der Waals surface area contributed by atoms with Gasteiger partial charge in [0, 0.05) is 12.8 Å². The zero-order valence-corrected chi connectivity index (χ0v) is 39.2. The molecule has 346 valence electrons. The van der Waals surface area contributed by atoms with Crippen LogP contribution in [0.5, 0.6) is 0 Å². The van der Waals surface area contributed by atoms with Crippen molar-refractivity contribution in [3.8, 4) is 0 Å². The average molecular weight is 830 g/mol. The van der Waals surface area contributed by atoms with Gasteiger partial charge < -0.3 is 20.3 Å². The lowest BCUT2D eigenvalue weighted by molar-refractivity contribution is -0.143. The normalized spacial score (nSPS) is 12.9. The number of nitrogens with one attached hydrogen (secondary N) is 1. The Labute approximate surface area is 366 Å².